The maximum atomic E-state index is 13.6. The van der Waals surface area contributed by atoms with E-state index in [1.54, 1.807) is 0 Å². The number of anilines is 2. The number of likely N-dealkylation sites (N-methyl/N-ethyl adjacent to an activating group) is 1. The highest BCUT2D eigenvalue weighted by Crippen LogP contribution is 2.32. The van der Waals surface area contributed by atoms with Crippen molar-refractivity contribution < 1.29 is 27.2 Å². The van der Waals surface area contributed by atoms with E-state index >= 15 is 0 Å². The third kappa shape index (κ3) is 6.29. The van der Waals surface area contributed by atoms with E-state index in [0.29, 0.717) is 5.69 Å². The number of carbonyl (C=O) groups is 2. The second-order valence-corrected chi connectivity index (χ2v) is 8.49. The number of halogens is 5. The molecule has 0 atom stereocenters. The van der Waals surface area contributed by atoms with Crippen molar-refractivity contribution in [2.24, 2.45) is 0 Å². The number of carbonyl (C=O) groups excluding carboxylic acids is 2. The number of aryl methyl sites for hydroxylation is 1. The summed E-state index contributed by atoms with van der Waals surface area (Å²) in [5, 5.41) is 11.2. The quantitative estimate of drug-likeness (QED) is 0.290. The van der Waals surface area contributed by atoms with Crippen LogP contribution in [-0.2, 0) is 11.0 Å². The lowest BCUT2D eigenvalue weighted by molar-refractivity contribution is -0.141. The largest absolute Gasteiger partial charge is 0.435 e. The Kier molecular flexibility index (Phi) is 7.76. The molecule has 0 unspecified atom stereocenters. The first-order valence-electron chi connectivity index (χ1n) is 11.1. The van der Waals surface area contributed by atoms with Crippen LogP contribution in [0.5, 0.6) is 0 Å². The molecule has 0 saturated heterocycles. The molecule has 0 radical (unpaired) electrons. The minimum Gasteiger partial charge on any atom is -0.358 e. The van der Waals surface area contributed by atoms with E-state index in [1.165, 1.54) is 50.8 Å². The van der Waals surface area contributed by atoms with E-state index < -0.39 is 29.5 Å². The molecule has 202 valence electrons. The monoisotopic (exact) mass is 562 g/mol. The van der Waals surface area contributed by atoms with Crippen LogP contribution < -0.4 is 16.0 Å². The van der Waals surface area contributed by atoms with E-state index in [9.17, 15) is 27.2 Å². The van der Waals surface area contributed by atoms with Crippen LogP contribution in [0.4, 0.5) is 29.2 Å². The van der Waals surface area contributed by atoms with Crippen LogP contribution in [0.25, 0.3) is 16.9 Å². The van der Waals surface area contributed by atoms with Crippen molar-refractivity contribution in [2.75, 3.05) is 18.9 Å². The minimum absolute atomic E-state index is 0.0488. The Hall–Kier alpha value is -4.59. The van der Waals surface area contributed by atoms with Crippen molar-refractivity contribution in [3.8, 4) is 16.9 Å². The van der Waals surface area contributed by atoms with Gasteiger partial charge in [-0.3, -0.25) is 14.6 Å². The fourth-order valence-corrected chi connectivity index (χ4v) is 3.57. The summed E-state index contributed by atoms with van der Waals surface area (Å²) >= 11 is 5.83. The lowest BCUT2D eigenvalue weighted by Gasteiger charge is -2.13. The number of amides is 2. The zero-order chi connectivity index (χ0) is 28.3. The molecule has 1 aromatic carbocycles. The zero-order valence-corrected chi connectivity index (χ0v) is 21.0. The summed E-state index contributed by atoms with van der Waals surface area (Å²) < 4.78 is 54.8. The summed E-state index contributed by atoms with van der Waals surface area (Å²) in [6.07, 6.45) is -0.765. The third-order valence-corrected chi connectivity index (χ3v) is 5.61. The van der Waals surface area contributed by atoms with Crippen molar-refractivity contribution in [3.05, 3.63) is 76.7 Å². The number of nitrogens with zero attached hydrogens (tertiary/aromatic N) is 5. The number of aromatic nitrogens is 5. The van der Waals surface area contributed by atoms with Crippen molar-refractivity contribution in [2.45, 2.75) is 13.1 Å². The van der Waals surface area contributed by atoms with Crippen molar-refractivity contribution in [1.82, 2.24) is 35.4 Å². The van der Waals surface area contributed by atoms with Gasteiger partial charge in [-0.25, -0.2) is 14.1 Å². The molecule has 3 aromatic heterocycles. The number of benzene rings is 1. The van der Waals surface area contributed by atoms with Crippen LogP contribution in [0, 0.1) is 12.7 Å². The molecule has 0 fully saturated rings. The Bertz CT molecular complexity index is 1560. The molecule has 3 N–H and O–H groups in total. The molecule has 39 heavy (non-hydrogen) atoms. The summed E-state index contributed by atoms with van der Waals surface area (Å²) in [5.74, 6) is -1.76. The summed E-state index contributed by atoms with van der Waals surface area (Å²) in [4.78, 5) is 36.6. The first-order chi connectivity index (χ1) is 18.5. The topological polar surface area (TPSA) is 127 Å². The lowest BCUT2D eigenvalue weighted by atomic mass is 10.1. The highest BCUT2D eigenvalue weighted by Gasteiger charge is 2.35. The third-order valence-electron chi connectivity index (χ3n) is 5.32. The standard InChI is InChI=1S/C24H19ClF4N8O2/c1-12-5-19(24(27,28)29)36-37(12)21-16(10-33-23(35-21)34-15-3-4-18(26)17(25)7-15)13-6-14(9-31-8-13)22(39)32-11-20(38)30-2/h3-10H,11H2,1-2H3,(H,30,38)(H,32,39)(H,33,34,35). The molecule has 0 aliphatic heterocycles. The molecule has 4 aromatic rings. The molecule has 0 aliphatic carbocycles. The molecule has 0 bridgehead atoms. The number of hydrogen-bond donors (Lipinski definition) is 3. The van der Waals surface area contributed by atoms with Gasteiger partial charge in [0.25, 0.3) is 5.91 Å². The number of hydrogen-bond acceptors (Lipinski definition) is 7. The van der Waals surface area contributed by atoms with Gasteiger partial charge >= 0.3 is 6.18 Å². The van der Waals surface area contributed by atoms with Crippen LogP contribution in [0.3, 0.4) is 0 Å². The summed E-state index contributed by atoms with van der Waals surface area (Å²) in [6, 6.07) is 6.08. The van der Waals surface area contributed by atoms with E-state index in [4.69, 9.17) is 11.6 Å². The average Bonchev–Trinajstić information content (AvgIpc) is 3.31. The number of alkyl halides is 3. The van der Waals surface area contributed by atoms with Gasteiger partial charge in [0.05, 0.1) is 17.1 Å². The Morgan fingerprint density at radius 3 is 2.54 bits per heavy atom. The Morgan fingerprint density at radius 2 is 1.87 bits per heavy atom. The molecule has 0 saturated carbocycles. The van der Waals surface area contributed by atoms with Gasteiger partial charge in [0.2, 0.25) is 11.9 Å². The highest BCUT2D eigenvalue weighted by molar-refractivity contribution is 6.31. The Labute approximate surface area is 223 Å². The molecule has 2 amide bonds. The van der Waals surface area contributed by atoms with Gasteiger partial charge < -0.3 is 16.0 Å². The molecule has 4 rings (SSSR count). The zero-order valence-electron chi connectivity index (χ0n) is 20.3. The summed E-state index contributed by atoms with van der Waals surface area (Å²) in [5.41, 5.74) is -0.123. The molecular formula is C24H19ClF4N8O2. The smallest absolute Gasteiger partial charge is 0.358 e. The van der Waals surface area contributed by atoms with E-state index in [1.807, 2.05) is 0 Å². The second-order valence-electron chi connectivity index (χ2n) is 8.08. The minimum atomic E-state index is -4.71. The Balaban J connectivity index is 1.78. The normalized spacial score (nSPS) is 11.3. The molecular weight excluding hydrogens is 544 g/mol. The van der Waals surface area contributed by atoms with E-state index in [0.717, 1.165) is 16.8 Å². The van der Waals surface area contributed by atoms with Crippen molar-refractivity contribution in [1.29, 1.82) is 0 Å². The maximum Gasteiger partial charge on any atom is 0.435 e. The van der Waals surface area contributed by atoms with Crippen LogP contribution in [0.1, 0.15) is 21.7 Å². The number of nitrogens with one attached hydrogen (secondary N) is 3. The predicted octanol–water partition coefficient (Wildman–Crippen LogP) is 4.06. The lowest BCUT2D eigenvalue weighted by Crippen LogP contribution is -2.35. The molecule has 10 nitrogen and oxygen atoms in total. The van der Waals surface area contributed by atoms with Crippen LogP contribution >= 0.6 is 11.6 Å². The van der Waals surface area contributed by atoms with Gasteiger partial charge in [0.15, 0.2) is 11.5 Å². The van der Waals surface area contributed by atoms with Crippen LogP contribution in [-0.4, -0.2) is 50.1 Å². The fraction of sp³-hybridized carbons (Fsp3) is 0.167. The molecule has 0 spiro atoms. The predicted molar refractivity (Wildman–Crippen MR) is 133 cm³/mol. The van der Waals surface area contributed by atoms with Crippen molar-refractivity contribution >= 4 is 35.1 Å². The van der Waals surface area contributed by atoms with Gasteiger partial charge in [-0.1, -0.05) is 11.6 Å². The molecule has 15 heteroatoms. The maximum absolute atomic E-state index is 13.6. The highest BCUT2D eigenvalue weighted by atomic mass is 35.5. The molecule has 3 heterocycles. The van der Waals surface area contributed by atoms with Crippen LogP contribution in [0.2, 0.25) is 5.02 Å². The second kappa shape index (κ2) is 11.0. The van der Waals surface area contributed by atoms with E-state index in [2.05, 4.69) is 36.0 Å². The fourth-order valence-electron chi connectivity index (χ4n) is 3.39. The SMILES string of the molecule is CNC(=O)CNC(=O)c1cncc(-c2cnc(Nc3ccc(F)c(Cl)c3)nc2-n2nc(C(F)(F)F)cc2C)c1. The average molecular weight is 563 g/mol. The summed E-state index contributed by atoms with van der Waals surface area (Å²) in [6.45, 7) is 1.15. The van der Waals surface area contributed by atoms with Gasteiger partial charge in [0.1, 0.15) is 5.82 Å². The van der Waals surface area contributed by atoms with Gasteiger partial charge in [-0.2, -0.15) is 23.3 Å². The number of pyridine rings is 1. The van der Waals surface area contributed by atoms with Crippen molar-refractivity contribution in [3.63, 3.8) is 0 Å². The van der Waals surface area contributed by atoms with Gasteiger partial charge in [-0.15, -0.1) is 0 Å². The first-order valence-corrected chi connectivity index (χ1v) is 11.5. The summed E-state index contributed by atoms with van der Waals surface area (Å²) in [7, 11) is 1.42. The van der Waals surface area contributed by atoms with E-state index in [-0.39, 0.29) is 45.7 Å². The van der Waals surface area contributed by atoms with Gasteiger partial charge in [-0.05, 0) is 37.3 Å². The number of rotatable bonds is 7. The van der Waals surface area contributed by atoms with Crippen LogP contribution in [0.15, 0.2) is 48.9 Å². The Morgan fingerprint density at radius 1 is 1.10 bits per heavy atom. The molecule has 0 aliphatic rings. The first kappa shape index (κ1) is 27.4. The van der Waals surface area contributed by atoms with Gasteiger partial charge in [0, 0.05) is 48.1 Å².